The largest absolute Gasteiger partial charge is 0.246 e. The van der Waals surface area contributed by atoms with E-state index < -0.39 is 0 Å². The molecule has 1 unspecified atom stereocenters. The summed E-state index contributed by atoms with van der Waals surface area (Å²) in [4.78, 5) is 0. The van der Waals surface area contributed by atoms with Gasteiger partial charge in [0.1, 0.15) is 0 Å². The highest BCUT2D eigenvalue weighted by atomic mass is 32.1. The second-order valence-corrected chi connectivity index (χ2v) is 3.24. The molecule has 1 aromatic carbocycles. The predicted octanol–water partition coefficient (Wildman–Crippen LogP) is 1.93. The van der Waals surface area contributed by atoms with E-state index in [1.165, 1.54) is 0 Å². The van der Waals surface area contributed by atoms with Gasteiger partial charge in [0, 0.05) is 7.05 Å². The number of hydrogen-bond acceptors (Lipinski definition) is 5. The highest BCUT2D eigenvalue weighted by Gasteiger charge is 2.23. The van der Waals surface area contributed by atoms with E-state index in [0.29, 0.717) is 0 Å². The van der Waals surface area contributed by atoms with Gasteiger partial charge < -0.3 is 0 Å². The van der Waals surface area contributed by atoms with Crippen LogP contribution in [0.5, 0.6) is 0 Å². The van der Waals surface area contributed by atoms with Gasteiger partial charge in [-0.3, -0.25) is 0 Å². The number of hydrogen-bond donors (Lipinski definition) is 1. The van der Waals surface area contributed by atoms with Crippen molar-refractivity contribution in [1.29, 1.82) is 0 Å². The predicted molar refractivity (Wildman–Crippen MR) is 54.3 cm³/mol. The number of thiol groups is 1. The Balaban J connectivity index is 2.24. The Morgan fingerprint density at radius 2 is 1.92 bits per heavy atom. The second-order valence-electron chi connectivity index (χ2n) is 2.78. The molecule has 0 bridgehead atoms. The molecule has 1 aromatic rings. The monoisotopic (exact) mass is 194 g/mol. The Kier molecular flexibility index (Phi) is 2.10. The van der Waals surface area contributed by atoms with E-state index in [-0.39, 0.29) is 5.50 Å². The van der Waals surface area contributed by atoms with Gasteiger partial charge in [0.25, 0.3) is 0 Å². The fraction of sp³-hybridized carbons (Fsp3) is 0.250. The summed E-state index contributed by atoms with van der Waals surface area (Å²) in [6, 6.07) is 9.84. The Bertz CT molecular complexity index is 313. The average molecular weight is 194 g/mol. The lowest BCUT2D eigenvalue weighted by Crippen LogP contribution is -2.30. The van der Waals surface area contributed by atoms with Crippen molar-refractivity contribution in [2.24, 2.45) is 10.4 Å². The first-order valence-electron chi connectivity index (χ1n) is 3.96. The topological polar surface area (TPSA) is 31.2 Å². The van der Waals surface area contributed by atoms with Gasteiger partial charge >= 0.3 is 0 Å². The normalized spacial score (nSPS) is 21.2. The zero-order chi connectivity index (χ0) is 9.26. The van der Waals surface area contributed by atoms with E-state index in [4.69, 9.17) is 0 Å². The maximum absolute atomic E-state index is 4.36. The first-order chi connectivity index (χ1) is 6.29. The molecule has 0 radical (unpaired) electrons. The summed E-state index contributed by atoms with van der Waals surface area (Å²) < 4.78 is 0. The van der Waals surface area contributed by atoms with E-state index in [0.717, 1.165) is 5.69 Å². The summed E-state index contributed by atoms with van der Waals surface area (Å²) in [6.07, 6.45) is 0. The van der Waals surface area contributed by atoms with Crippen LogP contribution in [-0.2, 0) is 0 Å². The summed E-state index contributed by atoms with van der Waals surface area (Å²) in [7, 11) is 1.84. The van der Waals surface area contributed by atoms with Crippen LogP contribution in [0.2, 0.25) is 0 Å². The fourth-order valence-corrected chi connectivity index (χ4v) is 1.35. The lowest BCUT2D eigenvalue weighted by Gasteiger charge is -2.20. The number of anilines is 1. The van der Waals surface area contributed by atoms with Crippen molar-refractivity contribution in [2.75, 3.05) is 12.1 Å². The minimum atomic E-state index is -0.109. The van der Waals surface area contributed by atoms with Gasteiger partial charge in [0.05, 0.1) is 5.69 Å². The van der Waals surface area contributed by atoms with Gasteiger partial charge in [0.15, 0.2) is 5.50 Å². The number of benzene rings is 1. The molecule has 0 aliphatic carbocycles. The minimum absolute atomic E-state index is 0.109. The molecule has 0 saturated heterocycles. The van der Waals surface area contributed by atoms with Gasteiger partial charge in [0.2, 0.25) is 0 Å². The lowest BCUT2D eigenvalue weighted by molar-refractivity contribution is 0.365. The molecule has 1 aliphatic rings. The maximum atomic E-state index is 4.36. The van der Waals surface area contributed by atoms with Crippen molar-refractivity contribution < 1.29 is 0 Å². The SMILES string of the molecule is CN1N=NN(c2ccccc2)C1S. The van der Waals surface area contributed by atoms with Crippen LogP contribution in [0.3, 0.4) is 0 Å². The lowest BCUT2D eigenvalue weighted by atomic mass is 10.3. The van der Waals surface area contributed by atoms with Crippen molar-refractivity contribution in [3.8, 4) is 0 Å². The van der Waals surface area contributed by atoms with E-state index in [1.54, 1.807) is 10.0 Å². The zero-order valence-corrected chi connectivity index (χ0v) is 8.09. The van der Waals surface area contributed by atoms with Crippen LogP contribution in [0.15, 0.2) is 40.8 Å². The van der Waals surface area contributed by atoms with Crippen molar-refractivity contribution in [3.63, 3.8) is 0 Å². The molecular formula is C8H10N4S. The molecule has 0 spiro atoms. The summed E-state index contributed by atoms with van der Waals surface area (Å²) in [6.45, 7) is 0. The Morgan fingerprint density at radius 3 is 2.46 bits per heavy atom. The minimum Gasteiger partial charge on any atom is -0.246 e. The van der Waals surface area contributed by atoms with Gasteiger partial charge in [-0.25, -0.2) is 10.0 Å². The highest BCUT2D eigenvalue weighted by molar-refractivity contribution is 7.81. The second kappa shape index (κ2) is 3.26. The molecule has 13 heavy (non-hydrogen) atoms. The molecule has 0 saturated carbocycles. The quantitative estimate of drug-likeness (QED) is 0.693. The molecule has 5 heteroatoms. The van der Waals surface area contributed by atoms with Crippen LogP contribution in [-0.4, -0.2) is 17.6 Å². The van der Waals surface area contributed by atoms with Crippen molar-refractivity contribution in [2.45, 2.75) is 5.50 Å². The van der Waals surface area contributed by atoms with Crippen molar-refractivity contribution in [3.05, 3.63) is 30.3 Å². The number of rotatable bonds is 1. The van der Waals surface area contributed by atoms with Gasteiger partial charge in [-0.15, -0.1) is 12.6 Å². The van der Waals surface area contributed by atoms with Gasteiger partial charge in [-0.1, -0.05) is 23.4 Å². The third-order valence-electron chi connectivity index (χ3n) is 1.85. The smallest absolute Gasteiger partial charge is 0.186 e. The van der Waals surface area contributed by atoms with Gasteiger partial charge in [-0.2, -0.15) is 0 Å². The summed E-state index contributed by atoms with van der Waals surface area (Å²) in [5.41, 5.74) is 0.887. The van der Waals surface area contributed by atoms with Crippen LogP contribution in [0.25, 0.3) is 0 Å². The number of para-hydroxylation sites is 1. The molecule has 0 aromatic heterocycles. The highest BCUT2D eigenvalue weighted by Crippen LogP contribution is 2.25. The Morgan fingerprint density at radius 1 is 1.23 bits per heavy atom. The molecule has 4 nitrogen and oxygen atoms in total. The maximum Gasteiger partial charge on any atom is 0.186 e. The molecule has 0 amide bonds. The van der Waals surface area contributed by atoms with E-state index in [1.807, 2.05) is 37.4 Å². The molecule has 68 valence electrons. The molecule has 0 fully saturated rings. The number of nitrogens with zero attached hydrogens (tertiary/aromatic N) is 4. The van der Waals surface area contributed by atoms with E-state index in [9.17, 15) is 0 Å². The fourth-order valence-electron chi connectivity index (χ4n) is 1.12. The molecule has 0 N–H and O–H groups in total. The van der Waals surface area contributed by atoms with Gasteiger partial charge in [-0.05, 0) is 17.4 Å². The molecule has 1 heterocycles. The zero-order valence-electron chi connectivity index (χ0n) is 7.20. The molecule has 2 rings (SSSR count). The molecule has 1 atom stereocenters. The van der Waals surface area contributed by atoms with Crippen molar-refractivity contribution >= 4 is 18.3 Å². The first kappa shape index (κ1) is 8.37. The van der Waals surface area contributed by atoms with E-state index >= 15 is 0 Å². The Hall–Kier alpha value is -1.23. The van der Waals surface area contributed by atoms with Crippen LogP contribution >= 0.6 is 12.6 Å². The summed E-state index contributed by atoms with van der Waals surface area (Å²) in [5.74, 6) is 0. The average Bonchev–Trinajstić information content (AvgIpc) is 2.49. The van der Waals surface area contributed by atoms with Crippen LogP contribution in [0.1, 0.15) is 0 Å². The third-order valence-corrected chi connectivity index (χ3v) is 2.40. The molecule has 1 aliphatic heterocycles. The van der Waals surface area contributed by atoms with E-state index in [2.05, 4.69) is 23.1 Å². The van der Waals surface area contributed by atoms with Crippen LogP contribution < -0.4 is 5.01 Å². The molecular weight excluding hydrogens is 184 g/mol. The standard InChI is InChI=1S/C8H10N4S/c1-11-8(13)12(10-9-11)7-5-3-2-4-6-7/h2-6,8,13H,1H3. The summed E-state index contributed by atoms with van der Waals surface area (Å²) >= 11 is 4.36. The van der Waals surface area contributed by atoms with Crippen LogP contribution in [0, 0.1) is 0 Å². The Labute approximate surface area is 82.2 Å². The van der Waals surface area contributed by atoms with Crippen LogP contribution in [0.4, 0.5) is 5.69 Å². The van der Waals surface area contributed by atoms with Crippen molar-refractivity contribution in [1.82, 2.24) is 5.01 Å². The first-order valence-corrected chi connectivity index (χ1v) is 4.47. The third kappa shape index (κ3) is 1.47. The summed E-state index contributed by atoms with van der Waals surface area (Å²) in [5, 5.41) is 11.3.